The number of carbonyl (C=O) groups is 2. The summed E-state index contributed by atoms with van der Waals surface area (Å²) in [5.41, 5.74) is -1.27. The molecular weight excluding hydrogens is 351 g/mol. The van der Waals surface area contributed by atoms with Crippen LogP contribution in [0.3, 0.4) is 0 Å². The Morgan fingerprint density at radius 2 is 1.88 bits per heavy atom. The molecule has 144 valence electrons. The summed E-state index contributed by atoms with van der Waals surface area (Å²) in [6, 6.07) is 4.72. The lowest BCUT2D eigenvalue weighted by Crippen LogP contribution is -2.44. The molecule has 9 heteroatoms. The lowest BCUT2D eigenvalue weighted by atomic mass is 10.1. The van der Waals surface area contributed by atoms with E-state index in [9.17, 15) is 22.8 Å². The molecule has 1 heterocycles. The molecule has 0 atom stereocenters. The second-order valence-corrected chi connectivity index (χ2v) is 5.92. The third-order valence-electron chi connectivity index (χ3n) is 4.04. The minimum absolute atomic E-state index is 0.323. The van der Waals surface area contributed by atoms with Crippen molar-refractivity contribution in [3.8, 4) is 0 Å². The molecule has 2 rings (SSSR count). The van der Waals surface area contributed by atoms with E-state index in [4.69, 9.17) is 4.74 Å². The molecule has 0 spiro atoms. The molecular formula is C17H22F3N3O3. The van der Waals surface area contributed by atoms with Crippen LogP contribution in [0.25, 0.3) is 0 Å². The van der Waals surface area contributed by atoms with Gasteiger partial charge in [0.2, 0.25) is 11.8 Å². The fourth-order valence-electron chi connectivity index (χ4n) is 2.69. The summed E-state index contributed by atoms with van der Waals surface area (Å²) in [4.78, 5) is 26.9. The first-order valence-electron chi connectivity index (χ1n) is 8.30. The predicted molar refractivity (Wildman–Crippen MR) is 89.7 cm³/mol. The van der Waals surface area contributed by atoms with E-state index in [1.165, 1.54) is 18.2 Å². The van der Waals surface area contributed by atoms with E-state index in [-0.39, 0.29) is 5.69 Å². The van der Waals surface area contributed by atoms with Crippen LogP contribution in [0.2, 0.25) is 0 Å². The van der Waals surface area contributed by atoms with Gasteiger partial charge in [-0.25, -0.2) is 0 Å². The molecule has 1 fully saturated rings. The first-order chi connectivity index (χ1) is 12.3. The van der Waals surface area contributed by atoms with Gasteiger partial charge in [-0.3, -0.25) is 14.5 Å². The van der Waals surface area contributed by atoms with Gasteiger partial charge in [0.15, 0.2) is 0 Å². The number of para-hydroxylation sites is 1. The molecule has 0 aliphatic carbocycles. The Morgan fingerprint density at radius 1 is 1.23 bits per heavy atom. The Morgan fingerprint density at radius 3 is 2.50 bits per heavy atom. The summed E-state index contributed by atoms with van der Waals surface area (Å²) in [5, 5.41) is 2.65. The maximum atomic E-state index is 13.2. The predicted octanol–water partition coefficient (Wildman–Crippen LogP) is 1.51. The molecule has 0 bridgehead atoms. The maximum Gasteiger partial charge on any atom is 0.418 e. The Labute approximate surface area is 149 Å². The van der Waals surface area contributed by atoms with Crippen molar-refractivity contribution in [1.82, 2.24) is 10.2 Å². The summed E-state index contributed by atoms with van der Waals surface area (Å²) in [6.07, 6.45) is -4.61. The van der Waals surface area contributed by atoms with Gasteiger partial charge in [0.05, 0.1) is 24.5 Å². The van der Waals surface area contributed by atoms with E-state index >= 15 is 0 Å². The van der Waals surface area contributed by atoms with E-state index in [2.05, 4.69) is 10.2 Å². The smallest absolute Gasteiger partial charge is 0.379 e. The topological polar surface area (TPSA) is 61.9 Å². The molecule has 26 heavy (non-hydrogen) atoms. The Balaban J connectivity index is 1.98. The second kappa shape index (κ2) is 9.00. The first kappa shape index (κ1) is 20.2. The normalized spacial score (nSPS) is 15.5. The van der Waals surface area contributed by atoms with Gasteiger partial charge in [-0.2, -0.15) is 13.2 Å². The van der Waals surface area contributed by atoms with Crippen LogP contribution < -0.4 is 10.2 Å². The average Bonchev–Trinajstić information content (AvgIpc) is 2.59. The minimum Gasteiger partial charge on any atom is -0.379 e. The van der Waals surface area contributed by atoms with E-state index in [0.717, 1.165) is 31.0 Å². The number of alkyl halides is 3. The van der Waals surface area contributed by atoms with Crippen LogP contribution in [-0.4, -0.2) is 62.7 Å². The molecule has 0 saturated carbocycles. The maximum absolute atomic E-state index is 13.2. The van der Waals surface area contributed by atoms with Gasteiger partial charge < -0.3 is 15.0 Å². The van der Waals surface area contributed by atoms with Crippen molar-refractivity contribution in [2.75, 3.05) is 50.8 Å². The largest absolute Gasteiger partial charge is 0.418 e. The van der Waals surface area contributed by atoms with Crippen molar-refractivity contribution in [3.05, 3.63) is 29.8 Å². The SMILES string of the molecule is CC(=O)N(CC(=O)NCCN1CCOCC1)c1ccccc1C(F)(F)F. The fraction of sp³-hybridized carbons (Fsp3) is 0.529. The number of benzene rings is 1. The molecule has 1 saturated heterocycles. The van der Waals surface area contributed by atoms with Crippen molar-refractivity contribution in [2.45, 2.75) is 13.1 Å². The highest BCUT2D eigenvalue weighted by Gasteiger charge is 2.35. The van der Waals surface area contributed by atoms with Crippen molar-refractivity contribution in [1.29, 1.82) is 0 Å². The van der Waals surface area contributed by atoms with Gasteiger partial charge in [0.1, 0.15) is 6.54 Å². The molecule has 1 aromatic rings. The zero-order chi connectivity index (χ0) is 19.2. The van der Waals surface area contributed by atoms with Crippen molar-refractivity contribution in [3.63, 3.8) is 0 Å². The number of rotatable bonds is 6. The van der Waals surface area contributed by atoms with Crippen LogP contribution in [0.15, 0.2) is 24.3 Å². The van der Waals surface area contributed by atoms with Gasteiger partial charge in [-0.1, -0.05) is 12.1 Å². The number of nitrogens with zero attached hydrogens (tertiary/aromatic N) is 2. The third kappa shape index (κ3) is 5.70. The number of amides is 2. The van der Waals surface area contributed by atoms with Gasteiger partial charge >= 0.3 is 6.18 Å². The fourth-order valence-corrected chi connectivity index (χ4v) is 2.69. The quantitative estimate of drug-likeness (QED) is 0.821. The summed E-state index contributed by atoms with van der Waals surface area (Å²) in [6.45, 7) is 4.46. The van der Waals surface area contributed by atoms with E-state index < -0.39 is 30.1 Å². The monoisotopic (exact) mass is 373 g/mol. The van der Waals surface area contributed by atoms with Gasteiger partial charge in [0, 0.05) is 33.1 Å². The average molecular weight is 373 g/mol. The summed E-state index contributed by atoms with van der Waals surface area (Å²) >= 11 is 0. The zero-order valence-corrected chi connectivity index (χ0v) is 14.5. The number of anilines is 1. The lowest BCUT2D eigenvalue weighted by molar-refractivity contribution is -0.137. The van der Waals surface area contributed by atoms with Crippen molar-refractivity contribution in [2.24, 2.45) is 0 Å². The summed E-state index contributed by atoms with van der Waals surface area (Å²) < 4.78 is 44.7. The zero-order valence-electron chi connectivity index (χ0n) is 14.5. The molecule has 1 aliphatic rings. The molecule has 1 N–H and O–H groups in total. The molecule has 6 nitrogen and oxygen atoms in total. The Bertz CT molecular complexity index is 631. The van der Waals surface area contributed by atoms with E-state index in [1.807, 2.05) is 0 Å². The summed E-state index contributed by atoms with van der Waals surface area (Å²) in [5.74, 6) is -1.14. The molecule has 1 aromatic carbocycles. The highest BCUT2D eigenvalue weighted by atomic mass is 19.4. The number of morpholine rings is 1. The highest BCUT2D eigenvalue weighted by molar-refractivity contribution is 5.98. The number of hydrogen-bond donors (Lipinski definition) is 1. The standard InChI is InChI=1S/C17H22F3N3O3/c1-13(24)23(15-5-3-2-4-14(15)17(18,19)20)12-16(25)21-6-7-22-8-10-26-11-9-22/h2-5H,6-12H2,1H3,(H,21,25). The van der Waals surface area contributed by atoms with Crippen molar-refractivity contribution < 1.29 is 27.5 Å². The molecule has 0 aromatic heterocycles. The van der Waals surface area contributed by atoms with Crippen LogP contribution in [0.5, 0.6) is 0 Å². The van der Waals surface area contributed by atoms with E-state index in [1.54, 1.807) is 0 Å². The lowest BCUT2D eigenvalue weighted by Gasteiger charge is -2.27. The molecule has 1 aliphatic heterocycles. The van der Waals surface area contributed by atoms with Crippen LogP contribution >= 0.6 is 0 Å². The highest BCUT2D eigenvalue weighted by Crippen LogP contribution is 2.36. The van der Waals surface area contributed by atoms with Gasteiger partial charge in [0.25, 0.3) is 0 Å². The third-order valence-corrected chi connectivity index (χ3v) is 4.04. The Hall–Kier alpha value is -2.13. The number of halogens is 3. The van der Waals surface area contributed by atoms with Crippen LogP contribution in [-0.2, 0) is 20.5 Å². The number of carbonyl (C=O) groups excluding carboxylic acids is 2. The van der Waals surface area contributed by atoms with Crippen LogP contribution in [0.1, 0.15) is 12.5 Å². The minimum atomic E-state index is -4.61. The van der Waals surface area contributed by atoms with Crippen LogP contribution in [0.4, 0.5) is 18.9 Å². The molecule has 0 radical (unpaired) electrons. The first-order valence-corrected chi connectivity index (χ1v) is 8.30. The second-order valence-electron chi connectivity index (χ2n) is 5.92. The van der Waals surface area contributed by atoms with Crippen LogP contribution in [0, 0.1) is 0 Å². The van der Waals surface area contributed by atoms with E-state index in [0.29, 0.717) is 26.3 Å². The van der Waals surface area contributed by atoms with Crippen molar-refractivity contribution >= 4 is 17.5 Å². The van der Waals surface area contributed by atoms with Gasteiger partial charge in [-0.05, 0) is 12.1 Å². The molecule has 0 unspecified atom stereocenters. The Kier molecular flexibility index (Phi) is 6.98. The number of nitrogens with one attached hydrogen (secondary N) is 1. The number of ether oxygens (including phenoxy) is 1. The van der Waals surface area contributed by atoms with Gasteiger partial charge in [-0.15, -0.1) is 0 Å². The molecule has 2 amide bonds. The number of hydrogen-bond acceptors (Lipinski definition) is 4. The summed E-state index contributed by atoms with van der Waals surface area (Å²) in [7, 11) is 0.